The number of hydrogen-bond acceptors (Lipinski definition) is 3. The third-order valence-electron chi connectivity index (χ3n) is 12.4. The van der Waals surface area contributed by atoms with E-state index in [1.165, 1.54) is 38.9 Å². The Labute approximate surface area is 327 Å². The van der Waals surface area contributed by atoms with Crippen molar-refractivity contribution in [2.75, 3.05) is 0 Å². The van der Waals surface area contributed by atoms with Crippen LogP contribution in [0.3, 0.4) is 0 Å². The second kappa shape index (κ2) is 11.2. The Hall–Kier alpha value is -7.63. The molecular formula is C52H31N5. The van der Waals surface area contributed by atoms with E-state index in [9.17, 15) is 0 Å². The van der Waals surface area contributed by atoms with Gasteiger partial charge in [-0.15, -0.1) is 0 Å². The number of fused-ring (bicyclic) bond motifs is 16. The highest BCUT2D eigenvalue weighted by Crippen LogP contribution is 2.63. The molecule has 3 aromatic heterocycles. The molecule has 0 saturated carbocycles. The predicted molar refractivity (Wildman–Crippen MR) is 230 cm³/mol. The smallest absolute Gasteiger partial charge is 0.240 e. The molecule has 0 unspecified atom stereocenters. The minimum Gasteiger partial charge on any atom is -0.278 e. The first-order valence-electron chi connectivity index (χ1n) is 19.5. The summed E-state index contributed by atoms with van der Waals surface area (Å²) in [6.07, 6.45) is 0. The van der Waals surface area contributed by atoms with Crippen molar-refractivity contribution in [3.05, 3.63) is 210 Å². The summed E-state index contributed by atoms with van der Waals surface area (Å²) in [5.41, 5.74) is 14.8. The van der Waals surface area contributed by atoms with Crippen LogP contribution in [-0.2, 0) is 5.41 Å². The largest absolute Gasteiger partial charge is 0.278 e. The maximum Gasteiger partial charge on any atom is 0.240 e. The summed E-state index contributed by atoms with van der Waals surface area (Å²) in [6.45, 7) is 0. The lowest BCUT2D eigenvalue weighted by molar-refractivity contribution is 0.793. The molecule has 5 nitrogen and oxygen atoms in total. The van der Waals surface area contributed by atoms with Crippen LogP contribution in [0, 0.1) is 0 Å². The van der Waals surface area contributed by atoms with Crippen molar-refractivity contribution in [1.82, 2.24) is 24.1 Å². The molecule has 2 aliphatic carbocycles. The number of benzene rings is 8. The highest BCUT2D eigenvalue weighted by molar-refractivity contribution is 6.10. The Morgan fingerprint density at radius 3 is 1.12 bits per heavy atom. The molecule has 2 aliphatic rings. The molecule has 0 amide bonds. The molecule has 11 aromatic rings. The van der Waals surface area contributed by atoms with Crippen LogP contribution >= 0.6 is 0 Å². The summed E-state index contributed by atoms with van der Waals surface area (Å²) < 4.78 is 4.41. The van der Waals surface area contributed by atoms with Crippen molar-refractivity contribution in [3.63, 3.8) is 0 Å². The maximum atomic E-state index is 5.50. The normalized spacial score (nSPS) is 13.4. The van der Waals surface area contributed by atoms with E-state index in [2.05, 4.69) is 197 Å². The second-order valence-electron chi connectivity index (χ2n) is 15.1. The van der Waals surface area contributed by atoms with Crippen molar-refractivity contribution >= 4 is 43.6 Å². The quantitative estimate of drug-likeness (QED) is 0.182. The van der Waals surface area contributed by atoms with Gasteiger partial charge in [0.15, 0.2) is 5.82 Å². The fourth-order valence-electron chi connectivity index (χ4n) is 10.3. The highest BCUT2D eigenvalue weighted by Gasteiger charge is 2.52. The molecule has 0 radical (unpaired) electrons. The Morgan fingerprint density at radius 2 is 0.649 bits per heavy atom. The van der Waals surface area contributed by atoms with Crippen LogP contribution < -0.4 is 0 Å². The van der Waals surface area contributed by atoms with Crippen LogP contribution in [-0.4, -0.2) is 24.1 Å². The summed E-state index contributed by atoms with van der Waals surface area (Å²) in [4.78, 5) is 16.4. The van der Waals surface area contributed by atoms with Gasteiger partial charge in [-0.3, -0.25) is 9.13 Å². The van der Waals surface area contributed by atoms with Gasteiger partial charge >= 0.3 is 0 Å². The standard InChI is InChI=1S/C52H31N5/c1-8-24-40-32(16-1)33-17-2-9-25-41(33)52(40)42-26-10-3-22-38(42)48-39(23-15-27-43(48)52)49-53-50(56-44-28-11-4-18-34(44)35-19-5-12-29-45(35)56)55-51(54-49)57-46-30-13-6-20-36(46)37-21-7-14-31-47(37)57/h1-31H. The van der Waals surface area contributed by atoms with Crippen LogP contribution in [0.4, 0.5) is 0 Å². The van der Waals surface area contributed by atoms with E-state index < -0.39 is 5.41 Å². The zero-order chi connectivity index (χ0) is 37.2. The van der Waals surface area contributed by atoms with Gasteiger partial charge in [-0.1, -0.05) is 164 Å². The average Bonchev–Trinajstić information content (AvgIpc) is 3.99. The third-order valence-corrected chi connectivity index (χ3v) is 12.4. The van der Waals surface area contributed by atoms with Crippen molar-refractivity contribution in [1.29, 1.82) is 0 Å². The van der Waals surface area contributed by atoms with Crippen LogP contribution in [0.1, 0.15) is 22.3 Å². The second-order valence-corrected chi connectivity index (χ2v) is 15.1. The molecule has 57 heavy (non-hydrogen) atoms. The molecule has 3 heterocycles. The lowest BCUT2D eigenvalue weighted by atomic mass is 9.70. The van der Waals surface area contributed by atoms with E-state index in [1.807, 2.05) is 0 Å². The van der Waals surface area contributed by atoms with E-state index in [4.69, 9.17) is 15.0 Å². The van der Waals surface area contributed by atoms with E-state index in [-0.39, 0.29) is 0 Å². The zero-order valence-corrected chi connectivity index (χ0v) is 30.6. The number of hydrogen-bond donors (Lipinski definition) is 0. The van der Waals surface area contributed by atoms with Crippen LogP contribution in [0.5, 0.6) is 0 Å². The van der Waals surface area contributed by atoms with Crippen molar-refractivity contribution < 1.29 is 0 Å². The molecule has 8 aromatic carbocycles. The first-order valence-corrected chi connectivity index (χ1v) is 19.5. The van der Waals surface area contributed by atoms with Gasteiger partial charge in [-0.05, 0) is 68.8 Å². The Kier molecular flexibility index (Phi) is 6.04. The van der Waals surface area contributed by atoms with Gasteiger partial charge in [0.1, 0.15) is 0 Å². The third kappa shape index (κ3) is 3.90. The maximum absolute atomic E-state index is 5.50. The van der Waals surface area contributed by atoms with Crippen molar-refractivity contribution in [2.24, 2.45) is 0 Å². The predicted octanol–water partition coefficient (Wildman–Crippen LogP) is 12.1. The minimum atomic E-state index is -0.479. The summed E-state index contributed by atoms with van der Waals surface area (Å²) in [6, 6.07) is 67.6. The first-order chi connectivity index (χ1) is 28.3. The Morgan fingerprint density at radius 1 is 0.298 bits per heavy atom. The highest BCUT2D eigenvalue weighted by atomic mass is 15.3. The number of aromatic nitrogens is 5. The van der Waals surface area contributed by atoms with E-state index in [1.54, 1.807) is 0 Å². The number of rotatable bonds is 3. The molecule has 13 rings (SSSR count). The molecule has 1 spiro atoms. The minimum absolute atomic E-state index is 0.479. The Bertz CT molecular complexity index is 3210. The summed E-state index contributed by atoms with van der Waals surface area (Å²) in [5, 5.41) is 4.62. The molecule has 264 valence electrons. The van der Waals surface area contributed by atoms with Gasteiger partial charge in [0.05, 0.1) is 27.5 Å². The summed E-state index contributed by atoms with van der Waals surface area (Å²) >= 11 is 0. The summed E-state index contributed by atoms with van der Waals surface area (Å²) in [7, 11) is 0. The average molecular weight is 726 g/mol. The fourth-order valence-corrected chi connectivity index (χ4v) is 10.3. The van der Waals surface area contributed by atoms with Crippen LogP contribution in [0.25, 0.3) is 89.2 Å². The monoisotopic (exact) mass is 725 g/mol. The van der Waals surface area contributed by atoms with Crippen LogP contribution in [0.15, 0.2) is 188 Å². The van der Waals surface area contributed by atoms with Crippen molar-refractivity contribution in [2.45, 2.75) is 5.41 Å². The van der Waals surface area contributed by atoms with Crippen molar-refractivity contribution in [3.8, 4) is 45.5 Å². The fraction of sp³-hybridized carbons (Fsp3) is 0.0192. The van der Waals surface area contributed by atoms with E-state index in [0.717, 1.165) is 54.7 Å². The van der Waals surface area contributed by atoms with Gasteiger partial charge in [0.2, 0.25) is 11.9 Å². The van der Waals surface area contributed by atoms with E-state index >= 15 is 0 Å². The SMILES string of the molecule is c1ccc2c(c1)-c1ccccc1C21c2ccccc2-c2c(-c3nc(-n4c5ccccc5c5ccccc54)nc(-n4c5ccccc5c5ccccc54)n3)cccc21. The van der Waals surface area contributed by atoms with Gasteiger partial charge in [-0.2, -0.15) is 15.0 Å². The zero-order valence-electron chi connectivity index (χ0n) is 30.6. The van der Waals surface area contributed by atoms with Gasteiger partial charge in [0.25, 0.3) is 0 Å². The van der Waals surface area contributed by atoms with Gasteiger partial charge < -0.3 is 0 Å². The lowest BCUT2D eigenvalue weighted by Gasteiger charge is -2.30. The molecule has 0 saturated heterocycles. The van der Waals surface area contributed by atoms with Gasteiger partial charge in [-0.25, -0.2) is 0 Å². The number of nitrogens with zero attached hydrogens (tertiary/aromatic N) is 5. The molecular weight excluding hydrogens is 695 g/mol. The molecule has 0 N–H and O–H groups in total. The molecule has 5 heteroatoms. The van der Waals surface area contributed by atoms with Gasteiger partial charge in [0, 0.05) is 27.1 Å². The van der Waals surface area contributed by atoms with Crippen LogP contribution in [0.2, 0.25) is 0 Å². The lowest BCUT2D eigenvalue weighted by Crippen LogP contribution is -2.25. The topological polar surface area (TPSA) is 48.5 Å². The van der Waals surface area contributed by atoms with E-state index in [0.29, 0.717) is 17.7 Å². The summed E-state index contributed by atoms with van der Waals surface area (Å²) in [5.74, 6) is 1.77. The molecule has 0 bridgehead atoms. The first kappa shape index (κ1) is 30.7. The molecule has 0 aliphatic heterocycles. The number of para-hydroxylation sites is 4. The Balaban J connectivity index is 1.16. The molecule has 0 atom stereocenters. The molecule has 0 fully saturated rings.